The van der Waals surface area contributed by atoms with E-state index in [1.807, 2.05) is 18.5 Å². The molecular weight excluding hydrogens is 262 g/mol. The molecule has 2 aliphatic heterocycles. The molecule has 0 bridgehead atoms. The summed E-state index contributed by atoms with van der Waals surface area (Å²) in [5.41, 5.74) is 0. The van der Waals surface area contributed by atoms with Gasteiger partial charge in [-0.3, -0.25) is 4.90 Å². The van der Waals surface area contributed by atoms with E-state index in [0.29, 0.717) is 0 Å². The molecule has 5 nitrogen and oxygen atoms in total. The van der Waals surface area contributed by atoms with Crippen LogP contribution in [0.1, 0.15) is 25.7 Å². The van der Waals surface area contributed by atoms with Gasteiger partial charge in [-0.25, -0.2) is 9.97 Å². The highest BCUT2D eigenvalue weighted by Gasteiger charge is 2.19. The molecule has 3 rings (SSSR count). The van der Waals surface area contributed by atoms with Crippen molar-refractivity contribution in [2.24, 2.45) is 5.92 Å². The Labute approximate surface area is 127 Å². The minimum Gasteiger partial charge on any atom is -0.338 e. The molecule has 0 aromatic carbocycles. The van der Waals surface area contributed by atoms with Gasteiger partial charge >= 0.3 is 0 Å². The number of anilines is 1. The topological polar surface area (TPSA) is 44.3 Å². The standard InChI is InChI=1S/C16H27N5/c1-4-15(14-17-6-1)5-2-9-20-10-12-21(13-11-20)16-18-7-3-8-19-16/h3,7-8,15,17H,1-2,4-6,9-14H2. The zero-order valence-electron chi connectivity index (χ0n) is 12.9. The van der Waals surface area contributed by atoms with Crippen LogP contribution in [0, 0.1) is 5.92 Å². The highest BCUT2D eigenvalue weighted by molar-refractivity contribution is 5.29. The van der Waals surface area contributed by atoms with Gasteiger partial charge in [0, 0.05) is 38.6 Å². The van der Waals surface area contributed by atoms with Gasteiger partial charge in [-0.2, -0.15) is 0 Å². The van der Waals surface area contributed by atoms with Crippen molar-refractivity contribution in [1.29, 1.82) is 0 Å². The first-order chi connectivity index (χ1) is 10.4. The number of nitrogens with one attached hydrogen (secondary N) is 1. The molecule has 2 aliphatic rings. The molecule has 0 spiro atoms. The molecule has 1 aromatic heterocycles. The van der Waals surface area contributed by atoms with E-state index in [1.165, 1.54) is 45.3 Å². The van der Waals surface area contributed by atoms with E-state index in [4.69, 9.17) is 0 Å². The van der Waals surface area contributed by atoms with Crippen molar-refractivity contribution in [3.8, 4) is 0 Å². The first kappa shape index (κ1) is 14.7. The molecule has 0 aliphatic carbocycles. The lowest BCUT2D eigenvalue weighted by Gasteiger charge is -2.35. The Bertz CT molecular complexity index is 396. The molecule has 3 heterocycles. The van der Waals surface area contributed by atoms with E-state index in [2.05, 4.69) is 25.1 Å². The maximum absolute atomic E-state index is 4.34. The first-order valence-corrected chi connectivity index (χ1v) is 8.37. The van der Waals surface area contributed by atoms with E-state index in [-0.39, 0.29) is 0 Å². The number of hydrogen-bond donors (Lipinski definition) is 1. The summed E-state index contributed by atoms with van der Waals surface area (Å²) in [6.45, 7) is 8.09. The summed E-state index contributed by atoms with van der Waals surface area (Å²) in [5, 5.41) is 3.51. The molecule has 5 heteroatoms. The normalized spacial score (nSPS) is 24.2. The zero-order valence-corrected chi connectivity index (χ0v) is 12.9. The Morgan fingerprint density at radius 3 is 2.67 bits per heavy atom. The first-order valence-electron chi connectivity index (χ1n) is 8.37. The molecule has 2 fully saturated rings. The molecule has 0 amide bonds. The fourth-order valence-corrected chi connectivity index (χ4v) is 3.40. The molecule has 1 N–H and O–H groups in total. The summed E-state index contributed by atoms with van der Waals surface area (Å²) in [7, 11) is 0. The lowest BCUT2D eigenvalue weighted by Crippen LogP contribution is -2.47. The quantitative estimate of drug-likeness (QED) is 0.887. The second kappa shape index (κ2) is 7.71. The number of piperazine rings is 1. The average molecular weight is 289 g/mol. The van der Waals surface area contributed by atoms with Crippen LogP contribution in [0.3, 0.4) is 0 Å². The number of hydrogen-bond acceptors (Lipinski definition) is 5. The fraction of sp³-hybridized carbons (Fsp3) is 0.750. The van der Waals surface area contributed by atoms with Gasteiger partial charge in [-0.05, 0) is 57.3 Å². The van der Waals surface area contributed by atoms with Crippen molar-refractivity contribution in [2.75, 3.05) is 50.7 Å². The molecule has 0 saturated carbocycles. The third-order valence-corrected chi connectivity index (χ3v) is 4.69. The second-order valence-electron chi connectivity index (χ2n) is 6.23. The Balaban J connectivity index is 1.34. The molecule has 21 heavy (non-hydrogen) atoms. The SMILES string of the molecule is c1cnc(N2CCN(CCCC3CCCNC3)CC2)nc1. The number of nitrogens with zero attached hydrogens (tertiary/aromatic N) is 4. The summed E-state index contributed by atoms with van der Waals surface area (Å²) in [4.78, 5) is 13.6. The van der Waals surface area contributed by atoms with Crippen molar-refractivity contribution in [1.82, 2.24) is 20.2 Å². The van der Waals surface area contributed by atoms with E-state index < -0.39 is 0 Å². The number of aromatic nitrogens is 2. The predicted molar refractivity (Wildman–Crippen MR) is 85.5 cm³/mol. The predicted octanol–water partition coefficient (Wildman–Crippen LogP) is 1.38. The monoisotopic (exact) mass is 289 g/mol. The highest BCUT2D eigenvalue weighted by atomic mass is 15.3. The van der Waals surface area contributed by atoms with Gasteiger partial charge in [0.15, 0.2) is 0 Å². The maximum atomic E-state index is 4.34. The van der Waals surface area contributed by atoms with Crippen LogP contribution < -0.4 is 10.2 Å². The Hall–Kier alpha value is -1.20. The van der Waals surface area contributed by atoms with Crippen molar-refractivity contribution in [3.63, 3.8) is 0 Å². The molecule has 1 atom stereocenters. The largest absolute Gasteiger partial charge is 0.338 e. The van der Waals surface area contributed by atoms with Crippen molar-refractivity contribution in [3.05, 3.63) is 18.5 Å². The van der Waals surface area contributed by atoms with Crippen LogP contribution in [0.15, 0.2) is 18.5 Å². The summed E-state index contributed by atoms with van der Waals surface area (Å²) < 4.78 is 0. The lowest BCUT2D eigenvalue weighted by molar-refractivity contribution is 0.239. The zero-order chi connectivity index (χ0) is 14.3. The minimum absolute atomic E-state index is 0.880. The summed E-state index contributed by atoms with van der Waals surface area (Å²) in [6.07, 6.45) is 9.16. The molecule has 0 radical (unpaired) electrons. The van der Waals surface area contributed by atoms with E-state index >= 15 is 0 Å². The van der Waals surface area contributed by atoms with E-state index in [1.54, 1.807) is 0 Å². The Morgan fingerprint density at radius 2 is 1.95 bits per heavy atom. The number of rotatable bonds is 5. The molecular formula is C16H27N5. The summed E-state index contributed by atoms with van der Waals surface area (Å²) in [5.74, 6) is 1.79. The van der Waals surface area contributed by atoms with Gasteiger partial charge in [-0.1, -0.05) is 0 Å². The third-order valence-electron chi connectivity index (χ3n) is 4.69. The molecule has 1 aromatic rings. The minimum atomic E-state index is 0.880. The number of piperidine rings is 1. The smallest absolute Gasteiger partial charge is 0.225 e. The molecule has 2 saturated heterocycles. The summed E-state index contributed by atoms with van der Waals surface area (Å²) >= 11 is 0. The van der Waals surface area contributed by atoms with Crippen molar-refractivity contribution in [2.45, 2.75) is 25.7 Å². The van der Waals surface area contributed by atoms with Gasteiger partial charge in [0.05, 0.1) is 0 Å². The van der Waals surface area contributed by atoms with Gasteiger partial charge in [0.25, 0.3) is 0 Å². The average Bonchev–Trinajstić information content (AvgIpc) is 2.57. The Kier molecular flexibility index (Phi) is 5.40. The van der Waals surface area contributed by atoms with Crippen LogP contribution in [0.4, 0.5) is 5.95 Å². The fourth-order valence-electron chi connectivity index (χ4n) is 3.40. The maximum Gasteiger partial charge on any atom is 0.225 e. The van der Waals surface area contributed by atoms with Gasteiger partial charge in [0.2, 0.25) is 5.95 Å². The Morgan fingerprint density at radius 1 is 1.14 bits per heavy atom. The lowest BCUT2D eigenvalue weighted by atomic mass is 9.94. The van der Waals surface area contributed by atoms with Crippen LogP contribution in [0.2, 0.25) is 0 Å². The van der Waals surface area contributed by atoms with Crippen molar-refractivity contribution < 1.29 is 0 Å². The highest BCUT2D eigenvalue weighted by Crippen LogP contribution is 2.17. The van der Waals surface area contributed by atoms with Crippen LogP contribution >= 0.6 is 0 Å². The van der Waals surface area contributed by atoms with Crippen LogP contribution in [0.25, 0.3) is 0 Å². The van der Waals surface area contributed by atoms with Crippen LogP contribution in [0.5, 0.6) is 0 Å². The summed E-state index contributed by atoms with van der Waals surface area (Å²) in [6, 6.07) is 1.87. The van der Waals surface area contributed by atoms with Crippen LogP contribution in [-0.4, -0.2) is 60.7 Å². The van der Waals surface area contributed by atoms with E-state index in [0.717, 1.165) is 38.0 Å². The van der Waals surface area contributed by atoms with Gasteiger partial charge in [-0.15, -0.1) is 0 Å². The van der Waals surface area contributed by atoms with Gasteiger partial charge < -0.3 is 10.2 Å². The third kappa shape index (κ3) is 4.38. The second-order valence-corrected chi connectivity index (χ2v) is 6.23. The van der Waals surface area contributed by atoms with Crippen molar-refractivity contribution >= 4 is 5.95 Å². The molecule has 1 unspecified atom stereocenters. The van der Waals surface area contributed by atoms with Gasteiger partial charge in [0.1, 0.15) is 0 Å². The molecule has 116 valence electrons. The van der Waals surface area contributed by atoms with E-state index in [9.17, 15) is 0 Å². The van der Waals surface area contributed by atoms with Crippen LogP contribution in [-0.2, 0) is 0 Å².